The predicted octanol–water partition coefficient (Wildman–Crippen LogP) is 0.439. The molecule has 1 saturated heterocycles. The minimum absolute atomic E-state index is 0.109. The number of rotatable bonds is 4. The van der Waals surface area contributed by atoms with Crippen molar-refractivity contribution in [3.8, 4) is 0 Å². The number of hydrogen-bond donors (Lipinski definition) is 2. The highest BCUT2D eigenvalue weighted by Crippen LogP contribution is 2.29. The molecule has 2 atom stereocenters. The maximum absolute atomic E-state index is 12.5. The van der Waals surface area contributed by atoms with E-state index in [2.05, 4.69) is 15.0 Å². The van der Waals surface area contributed by atoms with E-state index in [0.717, 1.165) is 12.8 Å². The third-order valence-corrected chi connectivity index (χ3v) is 5.14. The van der Waals surface area contributed by atoms with Crippen molar-refractivity contribution >= 4 is 29.6 Å². The first-order chi connectivity index (χ1) is 11.1. The van der Waals surface area contributed by atoms with Gasteiger partial charge in [-0.2, -0.15) is 15.0 Å². The average Bonchev–Trinajstić information content (AvgIpc) is 2.53. The van der Waals surface area contributed by atoms with Gasteiger partial charge in [0.1, 0.15) is 5.82 Å². The van der Waals surface area contributed by atoms with E-state index >= 15 is 0 Å². The standard InChI is InChI=1S/C14H22N6O2S/c15-13-17-11(18-14(16)19-13)7-23-8-12(21)20-5-6-22-10-4-2-1-3-9(10)20/h9-10H,1-8H2,(H4,15,16,17,18,19)/t9-,10+/m1/s1. The van der Waals surface area contributed by atoms with Crippen LogP contribution in [-0.4, -0.2) is 56.8 Å². The maximum atomic E-state index is 12.5. The topological polar surface area (TPSA) is 120 Å². The van der Waals surface area contributed by atoms with Crippen LogP contribution in [0.3, 0.4) is 0 Å². The first-order valence-corrected chi connectivity index (χ1v) is 9.03. The summed E-state index contributed by atoms with van der Waals surface area (Å²) in [6, 6.07) is 0.245. The molecule has 23 heavy (non-hydrogen) atoms. The van der Waals surface area contributed by atoms with Crippen LogP contribution in [0.25, 0.3) is 0 Å². The average molecular weight is 338 g/mol. The second kappa shape index (κ2) is 7.31. The molecule has 1 aliphatic carbocycles. The zero-order chi connectivity index (χ0) is 16.2. The first-order valence-electron chi connectivity index (χ1n) is 7.88. The van der Waals surface area contributed by atoms with Crippen LogP contribution in [0.5, 0.6) is 0 Å². The van der Waals surface area contributed by atoms with E-state index in [1.165, 1.54) is 24.6 Å². The Morgan fingerprint density at radius 1 is 1.22 bits per heavy atom. The minimum atomic E-state index is 0.109. The summed E-state index contributed by atoms with van der Waals surface area (Å²) in [5, 5.41) is 0. The van der Waals surface area contributed by atoms with E-state index in [4.69, 9.17) is 16.2 Å². The van der Waals surface area contributed by atoms with E-state index in [9.17, 15) is 4.79 Å². The molecule has 0 aromatic carbocycles. The van der Waals surface area contributed by atoms with Gasteiger partial charge in [0.05, 0.1) is 30.3 Å². The Labute approximate surface area is 139 Å². The summed E-state index contributed by atoms with van der Waals surface area (Å²) in [7, 11) is 0. The number of anilines is 2. The molecule has 4 N–H and O–H groups in total. The number of carbonyl (C=O) groups excluding carboxylic acids is 1. The molecular formula is C14H22N6O2S. The summed E-state index contributed by atoms with van der Waals surface area (Å²) in [6.07, 6.45) is 4.69. The summed E-state index contributed by atoms with van der Waals surface area (Å²) < 4.78 is 5.81. The lowest BCUT2D eigenvalue weighted by Crippen LogP contribution is -2.55. The van der Waals surface area contributed by atoms with Gasteiger partial charge >= 0.3 is 0 Å². The van der Waals surface area contributed by atoms with Gasteiger partial charge < -0.3 is 21.1 Å². The molecule has 1 saturated carbocycles. The Balaban J connectivity index is 1.52. The molecule has 1 aromatic rings. The number of nitrogen functional groups attached to an aromatic ring is 2. The van der Waals surface area contributed by atoms with Crippen molar-refractivity contribution in [3.05, 3.63) is 5.82 Å². The molecule has 0 radical (unpaired) electrons. The van der Waals surface area contributed by atoms with Gasteiger partial charge in [-0.1, -0.05) is 12.8 Å². The van der Waals surface area contributed by atoms with Crippen molar-refractivity contribution in [3.63, 3.8) is 0 Å². The van der Waals surface area contributed by atoms with Gasteiger partial charge in [-0.25, -0.2) is 0 Å². The van der Waals surface area contributed by atoms with Gasteiger partial charge in [0.25, 0.3) is 0 Å². The molecule has 2 fully saturated rings. The molecule has 126 valence electrons. The monoisotopic (exact) mass is 338 g/mol. The zero-order valence-corrected chi connectivity index (χ0v) is 13.8. The number of thioether (sulfide) groups is 1. The lowest BCUT2D eigenvalue weighted by Gasteiger charge is -2.43. The van der Waals surface area contributed by atoms with E-state index in [0.29, 0.717) is 30.5 Å². The van der Waals surface area contributed by atoms with Crippen LogP contribution in [0.4, 0.5) is 11.9 Å². The molecule has 2 aliphatic rings. The van der Waals surface area contributed by atoms with Crippen LogP contribution in [0.2, 0.25) is 0 Å². The number of amides is 1. The number of fused-ring (bicyclic) bond motifs is 1. The first kappa shape index (κ1) is 16.3. The maximum Gasteiger partial charge on any atom is 0.232 e. The Morgan fingerprint density at radius 3 is 2.74 bits per heavy atom. The molecule has 0 unspecified atom stereocenters. The van der Waals surface area contributed by atoms with Crippen LogP contribution in [0, 0.1) is 0 Å². The van der Waals surface area contributed by atoms with Crippen molar-refractivity contribution in [2.24, 2.45) is 0 Å². The number of hydrogen-bond acceptors (Lipinski definition) is 8. The fourth-order valence-electron chi connectivity index (χ4n) is 3.24. The van der Waals surface area contributed by atoms with Crippen molar-refractivity contribution in [1.29, 1.82) is 0 Å². The highest BCUT2D eigenvalue weighted by molar-refractivity contribution is 7.99. The molecule has 8 nitrogen and oxygen atoms in total. The number of ether oxygens (including phenoxy) is 1. The lowest BCUT2D eigenvalue weighted by molar-refractivity contribution is -0.146. The van der Waals surface area contributed by atoms with Crippen LogP contribution in [0.15, 0.2) is 0 Å². The number of nitrogens with two attached hydrogens (primary N) is 2. The van der Waals surface area contributed by atoms with Gasteiger partial charge in [-0.3, -0.25) is 4.79 Å². The molecule has 0 spiro atoms. The Hall–Kier alpha value is -1.61. The zero-order valence-electron chi connectivity index (χ0n) is 13.0. The van der Waals surface area contributed by atoms with E-state index in [1.54, 1.807) is 0 Å². The number of carbonyl (C=O) groups is 1. The highest BCUT2D eigenvalue weighted by atomic mass is 32.2. The van der Waals surface area contributed by atoms with Gasteiger partial charge in [0.2, 0.25) is 17.8 Å². The Kier molecular flexibility index (Phi) is 5.16. The number of morpholine rings is 1. The van der Waals surface area contributed by atoms with Gasteiger partial charge in [-0.15, -0.1) is 11.8 Å². The summed E-state index contributed by atoms with van der Waals surface area (Å²) in [6.45, 7) is 1.32. The Bertz CT molecular complexity index is 550. The lowest BCUT2D eigenvalue weighted by atomic mass is 9.90. The fraction of sp³-hybridized carbons (Fsp3) is 0.714. The summed E-state index contributed by atoms with van der Waals surface area (Å²) in [5.41, 5.74) is 11.1. The van der Waals surface area contributed by atoms with Crippen LogP contribution < -0.4 is 11.5 Å². The highest BCUT2D eigenvalue weighted by Gasteiger charge is 2.36. The summed E-state index contributed by atoms with van der Waals surface area (Å²) in [4.78, 5) is 26.3. The largest absolute Gasteiger partial charge is 0.374 e. The summed E-state index contributed by atoms with van der Waals surface area (Å²) >= 11 is 1.47. The SMILES string of the molecule is Nc1nc(N)nc(CSCC(=O)N2CCO[C@H]3CCCC[C@H]32)n1. The molecular weight excluding hydrogens is 316 g/mol. The number of aromatic nitrogens is 3. The molecule has 1 aromatic heterocycles. The second-order valence-electron chi connectivity index (χ2n) is 5.81. The normalized spacial score (nSPS) is 24.3. The smallest absolute Gasteiger partial charge is 0.232 e. The number of nitrogens with zero attached hydrogens (tertiary/aromatic N) is 4. The molecule has 0 bridgehead atoms. The second-order valence-corrected chi connectivity index (χ2v) is 6.79. The minimum Gasteiger partial charge on any atom is -0.374 e. The van der Waals surface area contributed by atoms with E-state index < -0.39 is 0 Å². The molecule has 9 heteroatoms. The van der Waals surface area contributed by atoms with Gasteiger partial charge in [0.15, 0.2) is 0 Å². The molecule has 3 rings (SSSR count). The third kappa shape index (κ3) is 4.03. The van der Waals surface area contributed by atoms with Crippen LogP contribution in [0.1, 0.15) is 31.5 Å². The van der Waals surface area contributed by atoms with E-state index in [1.807, 2.05) is 4.90 Å². The van der Waals surface area contributed by atoms with Crippen molar-refractivity contribution in [2.45, 2.75) is 43.6 Å². The van der Waals surface area contributed by atoms with Gasteiger partial charge in [0, 0.05) is 6.54 Å². The molecule has 2 heterocycles. The molecule has 1 amide bonds. The summed E-state index contributed by atoms with van der Waals surface area (Å²) in [5.74, 6) is 1.77. The van der Waals surface area contributed by atoms with Crippen molar-refractivity contribution < 1.29 is 9.53 Å². The quantitative estimate of drug-likeness (QED) is 0.811. The van der Waals surface area contributed by atoms with Crippen molar-refractivity contribution in [1.82, 2.24) is 19.9 Å². The van der Waals surface area contributed by atoms with Crippen LogP contribution in [-0.2, 0) is 15.3 Å². The van der Waals surface area contributed by atoms with Crippen molar-refractivity contribution in [2.75, 3.05) is 30.4 Å². The Morgan fingerprint density at radius 2 is 1.96 bits per heavy atom. The third-order valence-electron chi connectivity index (χ3n) is 4.23. The molecule has 1 aliphatic heterocycles. The fourth-order valence-corrected chi connectivity index (χ4v) is 3.99. The van der Waals surface area contributed by atoms with Crippen LogP contribution >= 0.6 is 11.8 Å². The predicted molar refractivity (Wildman–Crippen MR) is 88.5 cm³/mol. The van der Waals surface area contributed by atoms with Gasteiger partial charge in [-0.05, 0) is 12.8 Å². The van der Waals surface area contributed by atoms with E-state index in [-0.39, 0.29) is 29.9 Å².